The van der Waals surface area contributed by atoms with E-state index in [0.717, 1.165) is 78.3 Å². The van der Waals surface area contributed by atoms with Gasteiger partial charge in [-0.1, -0.05) is 42.5 Å². The average molecular weight is 539 g/mol. The summed E-state index contributed by atoms with van der Waals surface area (Å²) < 4.78 is 0. The van der Waals surface area contributed by atoms with Crippen molar-refractivity contribution in [1.82, 2.24) is 14.7 Å². The smallest absolute Gasteiger partial charge is 0.414 e. The lowest BCUT2D eigenvalue weighted by molar-refractivity contribution is -0.159. The van der Waals surface area contributed by atoms with Crippen LogP contribution in [0.2, 0.25) is 0 Å². The van der Waals surface area contributed by atoms with E-state index in [1.165, 1.54) is 16.8 Å². The first-order valence-corrected chi connectivity index (χ1v) is 13.9. The zero-order chi connectivity index (χ0) is 28.2. The fourth-order valence-corrected chi connectivity index (χ4v) is 5.22. The van der Waals surface area contributed by atoms with Gasteiger partial charge in [0.15, 0.2) is 0 Å². The van der Waals surface area contributed by atoms with Gasteiger partial charge in [-0.3, -0.25) is 14.6 Å². The van der Waals surface area contributed by atoms with Crippen LogP contribution in [0.15, 0.2) is 54.6 Å². The third-order valence-electron chi connectivity index (χ3n) is 7.52. The van der Waals surface area contributed by atoms with Gasteiger partial charge < -0.3 is 20.0 Å². The molecule has 2 N–H and O–H groups in total. The van der Waals surface area contributed by atoms with Gasteiger partial charge in [-0.2, -0.15) is 0 Å². The second-order valence-corrected chi connectivity index (χ2v) is 10.1. The normalized spacial score (nSPS) is 16.7. The van der Waals surface area contributed by atoms with E-state index in [1.807, 2.05) is 0 Å². The Labute approximate surface area is 231 Å². The molecule has 39 heavy (non-hydrogen) atoms. The number of hydrogen-bond donors (Lipinski definition) is 2. The number of hydrogen-bond acceptors (Lipinski definition) is 6. The van der Waals surface area contributed by atoms with E-state index < -0.39 is 11.9 Å². The SMILES string of the molecule is CCN(CC)c1ccc(CN2CCC(C(=O)N3CCN(Cc4ccccc4)CC3)CC2)cc1.O=C(O)C(=O)O. The molecule has 9 nitrogen and oxygen atoms in total. The first kappa shape index (κ1) is 30.1. The number of benzene rings is 2. The van der Waals surface area contributed by atoms with Gasteiger partial charge in [-0.05, 0) is 63.0 Å². The number of piperidine rings is 1. The molecule has 2 fully saturated rings. The van der Waals surface area contributed by atoms with E-state index in [2.05, 4.69) is 88.0 Å². The molecule has 0 bridgehead atoms. The quantitative estimate of drug-likeness (QED) is 0.494. The lowest BCUT2D eigenvalue weighted by Crippen LogP contribution is -2.51. The number of likely N-dealkylation sites (tertiary alicyclic amines) is 1. The van der Waals surface area contributed by atoms with Crippen molar-refractivity contribution in [2.24, 2.45) is 5.92 Å². The van der Waals surface area contributed by atoms with Gasteiger partial charge in [0.05, 0.1) is 0 Å². The van der Waals surface area contributed by atoms with Crippen molar-refractivity contribution in [3.05, 3.63) is 65.7 Å². The summed E-state index contributed by atoms with van der Waals surface area (Å²) in [5.74, 6) is -3.06. The van der Waals surface area contributed by atoms with E-state index in [0.29, 0.717) is 5.91 Å². The van der Waals surface area contributed by atoms with Gasteiger partial charge in [-0.25, -0.2) is 9.59 Å². The molecule has 212 valence electrons. The highest BCUT2D eigenvalue weighted by Crippen LogP contribution is 2.23. The molecule has 4 rings (SSSR count). The van der Waals surface area contributed by atoms with Crippen LogP contribution in [0.4, 0.5) is 5.69 Å². The number of carbonyl (C=O) groups is 3. The average Bonchev–Trinajstić information content (AvgIpc) is 2.96. The molecule has 0 radical (unpaired) electrons. The molecule has 2 heterocycles. The van der Waals surface area contributed by atoms with Crippen LogP contribution in [-0.2, 0) is 27.5 Å². The third kappa shape index (κ3) is 9.37. The summed E-state index contributed by atoms with van der Waals surface area (Å²) in [6.07, 6.45) is 1.97. The Balaban J connectivity index is 0.000000631. The lowest BCUT2D eigenvalue weighted by atomic mass is 9.94. The number of anilines is 1. The van der Waals surface area contributed by atoms with Gasteiger partial charge in [-0.15, -0.1) is 0 Å². The van der Waals surface area contributed by atoms with Gasteiger partial charge >= 0.3 is 11.9 Å². The number of amides is 1. The van der Waals surface area contributed by atoms with E-state index in [-0.39, 0.29) is 5.92 Å². The Morgan fingerprint density at radius 1 is 0.718 bits per heavy atom. The molecule has 2 aliphatic rings. The summed E-state index contributed by atoms with van der Waals surface area (Å²) in [5.41, 5.74) is 4.02. The summed E-state index contributed by atoms with van der Waals surface area (Å²) in [6.45, 7) is 14.2. The molecule has 0 spiro atoms. The van der Waals surface area contributed by atoms with Crippen molar-refractivity contribution in [2.75, 3.05) is 57.3 Å². The first-order chi connectivity index (χ1) is 18.8. The van der Waals surface area contributed by atoms with Crippen LogP contribution in [0.3, 0.4) is 0 Å². The van der Waals surface area contributed by atoms with Crippen molar-refractivity contribution >= 4 is 23.5 Å². The molecule has 0 aliphatic carbocycles. The minimum atomic E-state index is -1.82. The fourth-order valence-electron chi connectivity index (χ4n) is 5.22. The monoisotopic (exact) mass is 538 g/mol. The van der Waals surface area contributed by atoms with Crippen LogP contribution < -0.4 is 4.90 Å². The number of piperazine rings is 1. The van der Waals surface area contributed by atoms with E-state index in [9.17, 15) is 4.79 Å². The molecule has 2 aromatic carbocycles. The molecule has 2 aromatic rings. The molecule has 2 saturated heterocycles. The maximum atomic E-state index is 13.1. The van der Waals surface area contributed by atoms with Crippen molar-refractivity contribution in [3.8, 4) is 0 Å². The largest absolute Gasteiger partial charge is 0.473 e. The molecular weight excluding hydrogens is 496 g/mol. The Kier molecular flexibility index (Phi) is 11.8. The number of carboxylic acid groups (broad SMARTS) is 2. The van der Waals surface area contributed by atoms with Gasteiger partial charge in [0, 0.05) is 64.0 Å². The number of carbonyl (C=O) groups excluding carboxylic acids is 1. The Hall–Kier alpha value is -3.43. The number of rotatable bonds is 8. The zero-order valence-electron chi connectivity index (χ0n) is 23.2. The topological polar surface area (TPSA) is 105 Å². The molecule has 0 saturated carbocycles. The van der Waals surface area contributed by atoms with Crippen LogP contribution >= 0.6 is 0 Å². The Morgan fingerprint density at radius 2 is 1.21 bits per heavy atom. The maximum absolute atomic E-state index is 13.1. The Bertz CT molecular complexity index is 1030. The molecular formula is C30H42N4O5. The summed E-state index contributed by atoms with van der Waals surface area (Å²) in [5, 5.41) is 14.8. The lowest BCUT2D eigenvalue weighted by Gasteiger charge is -2.38. The standard InChI is InChI=1S/C28H40N4O.C2H2O4/c1-3-31(4-2)27-12-10-25(11-13-27)23-29-16-14-26(15-17-29)28(33)32-20-18-30(19-21-32)22-24-8-6-5-7-9-24;3-1(4)2(5)6/h5-13,26H,3-4,14-23H2,1-2H3;(H,3,4)(H,5,6). The van der Waals surface area contributed by atoms with Crippen LogP contribution in [-0.4, -0.2) is 95.1 Å². The predicted molar refractivity (Wildman–Crippen MR) is 152 cm³/mol. The highest BCUT2D eigenvalue weighted by molar-refractivity contribution is 6.27. The van der Waals surface area contributed by atoms with Crippen LogP contribution in [0, 0.1) is 5.92 Å². The van der Waals surface area contributed by atoms with Crippen LogP contribution in [0.5, 0.6) is 0 Å². The summed E-state index contributed by atoms with van der Waals surface area (Å²) in [6, 6.07) is 19.7. The number of nitrogens with zero attached hydrogens (tertiary/aromatic N) is 4. The second-order valence-electron chi connectivity index (χ2n) is 10.1. The molecule has 0 atom stereocenters. The number of carboxylic acids is 2. The van der Waals surface area contributed by atoms with E-state index in [1.54, 1.807) is 0 Å². The highest BCUT2D eigenvalue weighted by Gasteiger charge is 2.30. The second kappa shape index (κ2) is 15.2. The first-order valence-electron chi connectivity index (χ1n) is 13.9. The van der Waals surface area contributed by atoms with Crippen molar-refractivity contribution in [2.45, 2.75) is 39.8 Å². The molecule has 0 aromatic heterocycles. The molecule has 9 heteroatoms. The van der Waals surface area contributed by atoms with Gasteiger partial charge in [0.25, 0.3) is 0 Å². The van der Waals surface area contributed by atoms with Gasteiger partial charge in [0.1, 0.15) is 0 Å². The fraction of sp³-hybridized carbons (Fsp3) is 0.500. The van der Waals surface area contributed by atoms with Crippen molar-refractivity contribution in [1.29, 1.82) is 0 Å². The minimum absolute atomic E-state index is 0.201. The predicted octanol–water partition coefficient (Wildman–Crippen LogP) is 3.24. The van der Waals surface area contributed by atoms with E-state index >= 15 is 0 Å². The summed E-state index contributed by atoms with van der Waals surface area (Å²) >= 11 is 0. The zero-order valence-corrected chi connectivity index (χ0v) is 23.2. The minimum Gasteiger partial charge on any atom is -0.473 e. The molecule has 1 amide bonds. The van der Waals surface area contributed by atoms with Gasteiger partial charge in [0.2, 0.25) is 5.91 Å². The van der Waals surface area contributed by atoms with Crippen LogP contribution in [0.25, 0.3) is 0 Å². The number of aliphatic carboxylic acids is 2. The van der Waals surface area contributed by atoms with Crippen molar-refractivity contribution < 1.29 is 24.6 Å². The van der Waals surface area contributed by atoms with Crippen molar-refractivity contribution in [3.63, 3.8) is 0 Å². The third-order valence-corrected chi connectivity index (χ3v) is 7.52. The van der Waals surface area contributed by atoms with E-state index in [4.69, 9.17) is 19.8 Å². The highest BCUT2D eigenvalue weighted by atomic mass is 16.4. The maximum Gasteiger partial charge on any atom is 0.414 e. The summed E-state index contributed by atoms with van der Waals surface area (Å²) in [4.78, 5) is 40.8. The Morgan fingerprint density at radius 3 is 1.69 bits per heavy atom. The molecule has 2 aliphatic heterocycles. The summed E-state index contributed by atoms with van der Waals surface area (Å²) in [7, 11) is 0. The molecule has 0 unspecified atom stereocenters. The van der Waals surface area contributed by atoms with Crippen LogP contribution in [0.1, 0.15) is 37.8 Å².